The zero-order valence-corrected chi connectivity index (χ0v) is 14.8. The molecule has 0 spiro atoms. The first kappa shape index (κ1) is 16.3. The fourth-order valence-electron chi connectivity index (χ4n) is 2.84. The lowest BCUT2D eigenvalue weighted by atomic mass is 10.2. The Kier molecular flexibility index (Phi) is 4.18. The van der Waals surface area contributed by atoms with Crippen molar-refractivity contribution in [1.29, 1.82) is 0 Å². The minimum atomic E-state index is 0.264. The Bertz CT molecular complexity index is 1050. The van der Waals surface area contributed by atoms with Gasteiger partial charge < -0.3 is 9.84 Å². The molecule has 3 heterocycles. The van der Waals surface area contributed by atoms with E-state index in [1.54, 1.807) is 10.9 Å². The second-order valence-electron chi connectivity index (χ2n) is 6.19. The van der Waals surface area contributed by atoms with Gasteiger partial charge in [-0.3, -0.25) is 4.98 Å². The third-order valence-electron chi connectivity index (χ3n) is 4.40. The Morgan fingerprint density at radius 3 is 2.96 bits per heavy atom. The van der Waals surface area contributed by atoms with E-state index in [2.05, 4.69) is 37.7 Å². The van der Waals surface area contributed by atoms with Crippen LogP contribution in [0, 0.1) is 6.92 Å². The van der Waals surface area contributed by atoms with Gasteiger partial charge in [0.05, 0.1) is 16.9 Å². The molecular formula is C18H19N7O. The molecule has 0 aliphatic carbocycles. The lowest BCUT2D eigenvalue weighted by Gasteiger charge is -2.06. The summed E-state index contributed by atoms with van der Waals surface area (Å²) in [6.07, 6.45) is 2.46. The minimum Gasteiger partial charge on any atom is -0.332 e. The van der Waals surface area contributed by atoms with Gasteiger partial charge in [0.2, 0.25) is 0 Å². The molecule has 0 amide bonds. The summed E-state index contributed by atoms with van der Waals surface area (Å²) in [5, 5.41) is 16.8. The van der Waals surface area contributed by atoms with Crippen LogP contribution in [0.25, 0.3) is 28.2 Å². The third kappa shape index (κ3) is 2.84. The van der Waals surface area contributed by atoms with Crippen molar-refractivity contribution in [2.75, 3.05) is 7.05 Å². The molecule has 8 heteroatoms. The van der Waals surface area contributed by atoms with E-state index in [0.29, 0.717) is 23.8 Å². The summed E-state index contributed by atoms with van der Waals surface area (Å²) in [6, 6.07) is 10.1. The summed E-state index contributed by atoms with van der Waals surface area (Å²) in [5.74, 6) is 1.02. The summed E-state index contributed by atoms with van der Waals surface area (Å²) in [4.78, 5) is 8.85. The van der Waals surface area contributed by atoms with Crippen molar-refractivity contribution in [3.8, 4) is 17.3 Å². The van der Waals surface area contributed by atoms with Crippen molar-refractivity contribution < 1.29 is 4.52 Å². The maximum Gasteiger partial charge on any atom is 0.280 e. The van der Waals surface area contributed by atoms with Gasteiger partial charge in [0.15, 0.2) is 11.5 Å². The summed E-state index contributed by atoms with van der Waals surface area (Å²) < 4.78 is 7.17. The van der Waals surface area contributed by atoms with Gasteiger partial charge in [-0.2, -0.15) is 4.98 Å². The lowest BCUT2D eigenvalue weighted by molar-refractivity contribution is 0.417. The van der Waals surface area contributed by atoms with Gasteiger partial charge in [-0.1, -0.05) is 16.4 Å². The molecular weight excluding hydrogens is 330 g/mol. The Morgan fingerprint density at radius 2 is 2.12 bits per heavy atom. The van der Waals surface area contributed by atoms with Crippen molar-refractivity contribution >= 4 is 10.9 Å². The predicted octanol–water partition coefficient (Wildman–Crippen LogP) is 2.32. The molecule has 0 saturated heterocycles. The first-order chi connectivity index (χ1) is 12.7. The van der Waals surface area contributed by atoms with E-state index >= 15 is 0 Å². The van der Waals surface area contributed by atoms with Gasteiger partial charge in [-0.15, -0.1) is 5.10 Å². The average molecular weight is 349 g/mol. The van der Waals surface area contributed by atoms with Gasteiger partial charge in [0.1, 0.15) is 0 Å². The number of fused-ring (bicyclic) bond motifs is 1. The quantitative estimate of drug-likeness (QED) is 0.591. The summed E-state index contributed by atoms with van der Waals surface area (Å²) in [6.45, 7) is 4.00. The Morgan fingerprint density at radius 1 is 1.23 bits per heavy atom. The van der Waals surface area contributed by atoms with Crippen LogP contribution in [0.1, 0.15) is 18.4 Å². The number of benzene rings is 1. The fourth-order valence-corrected chi connectivity index (χ4v) is 2.84. The van der Waals surface area contributed by atoms with E-state index < -0.39 is 0 Å². The number of nitrogens with one attached hydrogen (secondary N) is 1. The Labute approximate surface area is 150 Å². The lowest BCUT2D eigenvalue weighted by Crippen LogP contribution is -2.24. The SMILES string of the molecule is CNC(C)Cc1noc(-c2nnn(-c3cccc4ncccc34)c2C)n1. The highest BCUT2D eigenvalue weighted by molar-refractivity contribution is 5.87. The molecule has 1 atom stereocenters. The normalized spacial score (nSPS) is 12.6. The molecule has 0 radical (unpaired) electrons. The van der Waals surface area contributed by atoms with E-state index in [-0.39, 0.29) is 6.04 Å². The molecule has 8 nitrogen and oxygen atoms in total. The monoisotopic (exact) mass is 349 g/mol. The van der Waals surface area contributed by atoms with Crippen LogP contribution in [0.2, 0.25) is 0 Å². The smallest absolute Gasteiger partial charge is 0.280 e. The highest BCUT2D eigenvalue weighted by atomic mass is 16.5. The summed E-state index contributed by atoms with van der Waals surface area (Å²) in [7, 11) is 1.90. The highest BCUT2D eigenvalue weighted by Gasteiger charge is 2.19. The zero-order valence-electron chi connectivity index (χ0n) is 14.8. The molecule has 26 heavy (non-hydrogen) atoms. The third-order valence-corrected chi connectivity index (χ3v) is 4.40. The first-order valence-corrected chi connectivity index (χ1v) is 8.44. The Balaban J connectivity index is 1.73. The highest BCUT2D eigenvalue weighted by Crippen LogP contribution is 2.25. The van der Waals surface area contributed by atoms with Crippen LogP contribution in [0.15, 0.2) is 41.1 Å². The molecule has 0 bridgehead atoms. The van der Waals surface area contributed by atoms with Gasteiger partial charge in [-0.25, -0.2) is 4.68 Å². The molecule has 1 aromatic carbocycles. The molecule has 3 aromatic heterocycles. The number of hydrogen-bond acceptors (Lipinski definition) is 7. The van der Waals surface area contributed by atoms with E-state index in [9.17, 15) is 0 Å². The molecule has 4 aromatic rings. The second kappa shape index (κ2) is 6.64. The average Bonchev–Trinajstić information content (AvgIpc) is 3.27. The van der Waals surface area contributed by atoms with Gasteiger partial charge in [-0.05, 0) is 45.2 Å². The van der Waals surface area contributed by atoms with Crippen molar-refractivity contribution in [3.63, 3.8) is 0 Å². The van der Waals surface area contributed by atoms with Crippen LogP contribution >= 0.6 is 0 Å². The number of rotatable bonds is 5. The van der Waals surface area contributed by atoms with Crippen LogP contribution in [-0.2, 0) is 6.42 Å². The van der Waals surface area contributed by atoms with Gasteiger partial charge >= 0.3 is 0 Å². The van der Waals surface area contributed by atoms with Crippen molar-refractivity contribution in [3.05, 3.63) is 48.0 Å². The largest absolute Gasteiger partial charge is 0.332 e. The number of likely N-dealkylation sites (N-methyl/N-ethyl adjacent to an activating group) is 1. The number of aromatic nitrogens is 6. The van der Waals surface area contributed by atoms with E-state index in [0.717, 1.165) is 22.3 Å². The van der Waals surface area contributed by atoms with Gasteiger partial charge in [0.25, 0.3) is 5.89 Å². The van der Waals surface area contributed by atoms with Crippen molar-refractivity contribution in [1.82, 2.24) is 35.4 Å². The predicted molar refractivity (Wildman–Crippen MR) is 96.9 cm³/mol. The maximum absolute atomic E-state index is 5.40. The number of nitrogens with zero attached hydrogens (tertiary/aromatic N) is 6. The second-order valence-corrected chi connectivity index (χ2v) is 6.19. The van der Waals surface area contributed by atoms with Gasteiger partial charge in [0, 0.05) is 24.0 Å². The molecule has 1 N–H and O–H groups in total. The topological polar surface area (TPSA) is 94.6 Å². The van der Waals surface area contributed by atoms with Crippen LogP contribution in [0.5, 0.6) is 0 Å². The zero-order chi connectivity index (χ0) is 18.1. The van der Waals surface area contributed by atoms with Crippen molar-refractivity contribution in [2.24, 2.45) is 0 Å². The fraction of sp³-hybridized carbons (Fsp3) is 0.278. The summed E-state index contributed by atoms with van der Waals surface area (Å²) >= 11 is 0. The van der Waals surface area contributed by atoms with Crippen LogP contribution in [-0.4, -0.2) is 43.2 Å². The molecule has 4 rings (SSSR count). The van der Waals surface area contributed by atoms with Crippen molar-refractivity contribution in [2.45, 2.75) is 26.3 Å². The molecule has 1 unspecified atom stereocenters. The van der Waals surface area contributed by atoms with E-state index in [4.69, 9.17) is 4.52 Å². The van der Waals surface area contributed by atoms with Crippen LogP contribution < -0.4 is 5.32 Å². The number of pyridine rings is 1. The van der Waals surface area contributed by atoms with Crippen LogP contribution in [0.3, 0.4) is 0 Å². The summed E-state index contributed by atoms with van der Waals surface area (Å²) in [5.41, 5.74) is 3.23. The van der Waals surface area contributed by atoms with E-state index in [1.165, 1.54) is 0 Å². The molecule has 132 valence electrons. The minimum absolute atomic E-state index is 0.264. The molecule has 0 aliphatic heterocycles. The maximum atomic E-state index is 5.40. The molecule has 0 fully saturated rings. The van der Waals surface area contributed by atoms with Crippen LogP contribution in [0.4, 0.5) is 0 Å². The number of hydrogen-bond donors (Lipinski definition) is 1. The Hall–Kier alpha value is -3.13. The first-order valence-electron chi connectivity index (χ1n) is 8.44. The standard InChI is InChI=1S/C18H19N7O/c1-11(19-3)10-16-21-18(26-23-16)17-12(2)25(24-22-17)15-8-4-7-14-13(15)6-5-9-20-14/h4-9,11,19H,10H2,1-3H3. The van der Waals surface area contributed by atoms with E-state index in [1.807, 2.05) is 44.3 Å². The molecule has 0 aliphatic rings. The molecule has 0 saturated carbocycles.